The summed E-state index contributed by atoms with van der Waals surface area (Å²) in [6, 6.07) is 9.81. The molecule has 0 aliphatic carbocycles. The van der Waals surface area contributed by atoms with E-state index in [0.717, 1.165) is 10.4 Å². The molecule has 24 heavy (non-hydrogen) atoms. The van der Waals surface area contributed by atoms with Crippen LogP contribution in [0.15, 0.2) is 41.8 Å². The Morgan fingerprint density at radius 3 is 2.54 bits per heavy atom. The monoisotopic (exact) mass is 349 g/mol. The number of esters is 1. The lowest BCUT2D eigenvalue weighted by atomic mass is 10.1. The number of carbonyl (C=O) groups is 2. The summed E-state index contributed by atoms with van der Waals surface area (Å²) >= 11 is 1.52. The molecule has 1 aromatic heterocycles. The van der Waals surface area contributed by atoms with Crippen LogP contribution < -0.4 is 0 Å². The van der Waals surface area contributed by atoms with Crippen LogP contribution in [0.2, 0.25) is 0 Å². The van der Waals surface area contributed by atoms with E-state index in [1.807, 2.05) is 17.5 Å². The highest BCUT2D eigenvalue weighted by atomic mass is 32.1. The van der Waals surface area contributed by atoms with Gasteiger partial charge in [-0.1, -0.05) is 25.1 Å². The van der Waals surface area contributed by atoms with Gasteiger partial charge in [0.1, 0.15) is 5.82 Å². The third-order valence-electron chi connectivity index (χ3n) is 3.64. The second-order valence-corrected chi connectivity index (χ2v) is 6.61. The highest BCUT2D eigenvalue weighted by Crippen LogP contribution is 2.15. The van der Waals surface area contributed by atoms with E-state index in [9.17, 15) is 14.0 Å². The first-order chi connectivity index (χ1) is 11.5. The van der Waals surface area contributed by atoms with Gasteiger partial charge in [-0.25, -0.2) is 4.39 Å². The van der Waals surface area contributed by atoms with Crippen molar-refractivity contribution < 1.29 is 18.7 Å². The summed E-state index contributed by atoms with van der Waals surface area (Å²) in [5.41, 5.74) is 0.813. The molecule has 0 spiro atoms. The lowest BCUT2D eigenvalue weighted by Gasteiger charge is -2.25. The highest BCUT2D eigenvalue weighted by molar-refractivity contribution is 7.10. The average Bonchev–Trinajstić information content (AvgIpc) is 3.08. The van der Waals surface area contributed by atoms with Crippen LogP contribution in [0, 0.1) is 11.7 Å². The normalized spacial score (nSPS) is 11.8. The molecule has 1 unspecified atom stereocenters. The van der Waals surface area contributed by atoms with Crippen LogP contribution in [0.1, 0.15) is 17.4 Å². The van der Waals surface area contributed by atoms with Gasteiger partial charge >= 0.3 is 5.97 Å². The largest absolute Gasteiger partial charge is 0.469 e. The standard InChI is InChI=1S/C18H20FNO3S/c1-13(18(22)23-2)11-20(12-14-5-7-15(19)8-6-14)17(21)10-16-4-3-9-24-16/h3-9,13H,10-12H2,1-2H3. The molecule has 1 amide bonds. The lowest BCUT2D eigenvalue weighted by molar-refractivity contribution is -0.146. The quantitative estimate of drug-likeness (QED) is 0.721. The average molecular weight is 349 g/mol. The van der Waals surface area contributed by atoms with E-state index in [2.05, 4.69) is 0 Å². The molecule has 1 aromatic carbocycles. The van der Waals surface area contributed by atoms with Crippen molar-refractivity contribution >= 4 is 23.2 Å². The molecule has 0 saturated heterocycles. The van der Waals surface area contributed by atoms with Crippen LogP contribution in [0.4, 0.5) is 4.39 Å². The number of rotatable bonds is 7. The van der Waals surface area contributed by atoms with E-state index < -0.39 is 5.92 Å². The van der Waals surface area contributed by atoms with Gasteiger partial charge < -0.3 is 9.64 Å². The molecule has 0 N–H and O–H groups in total. The molecule has 0 fully saturated rings. The van der Waals surface area contributed by atoms with Crippen LogP contribution in [0.3, 0.4) is 0 Å². The maximum atomic E-state index is 13.1. The van der Waals surface area contributed by atoms with E-state index in [-0.39, 0.29) is 30.7 Å². The van der Waals surface area contributed by atoms with Crippen LogP contribution in [-0.4, -0.2) is 30.4 Å². The number of methoxy groups -OCH3 is 1. The number of thiophene rings is 1. The van der Waals surface area contributed by atoms with Crippen molar-refractivity contribution in [1.82, 2.24) is 4.90 Å². The first kappa shape index (κ1) is 18.1. The smallest absolute Gasteiger partial charge is 0.310 e. The Kier molecular flexibility index (Phi) is 6.49. The van der Waals surface area contributed by atoms with Gasteiger partial charge in [-0.05, 0) is 29.1 Å². The van der Waals surface area contributed by atoms with Gasteiger partial charge in [0.15, 0.2) is 0 Å². The minimum absolute atomic E-state index is 0.0717. The number of hydrogen-bond acceptors (Lipinski definition) is 4. The first-order valence-electron chi connectivity index (χ1n) is 7.62. The summed E-state index contributed by atoms with van der Waals surface area (Å²) in [5.74, 6) is -1.18. The number of amides is 1. The zero-order valence-electron chi connectivity index (χ0n) is 13.7. The number of hydrogen-bond donors (Lipinski definition) is 0. The van der Waals surface area contributed by atoms with Gasteiger partial charge in [0, 0.05) is 18.0 Å². The van der Waals surface area contributed by atoms with Crippen molar-refractivity contribution in [2.45, 2.75) is 19.9 Å². The minimum atomic E-state index is -0.428. The van der Waals surface area contributed by atoms with Gasteiger partial charge in [-0.3, -0.25) is 9.59 Å². The summed E-state index contributed by atoms with van der Waals surface area (Å²) < 4.78 is 17.8. The predicted octanol–water partition coefficient (Wildman–Crippen LogP) is 3.27. The van der Waals surface area contributed by atoms with Gasteiger partial charge in [0.05, 0.1) is 19.4 Å². The van der Waals surface area contributed by atoms with Crippen molar-refractivity contribution in [3.05, 3.63) is 58.0 Å². The van der Waals surface area contributed by atoms with Crippen LogP contribution >= 0.6 is 11.3 Å². The summed E-state index contributed by atoms with van der Waals surface area (Å²) in [4.78, 5) is 26.9. The van der Waals surface area contributed by atoms with E-state index >= 15 is 0 Å². The zero-order valence-corrected chi connectivity index (χ0v) is 14.5. The second kappa shape index (κ2) is 8.59. The van der Waals surface area contributed by atoms with Crippen LogP contribution in [0.5, 0.6) is 0 Å². The molecule has 0 bridgehead atoms. The summed E-state index contributed by atoms with van der Waals surface area (Å²) in [6.45, 7) is 2.31. The van der Waals surface area contributed by atoms with E-state index in [0.29, 0.717) is 6.54 Å². The topological polar surface area (TPSA) is 46.6 Å². The maximum Gasteiger partial charge on any atom is 0.310 e. The molecular weight excluding hydrogens is 329 g/mol. The molecule has 0 aliphatic rings. The zero-order chi connectivity index (χ0) is 17.5. The van der Waals surface area contributed by atoms with E-state index in [4.69, 9.17) is 4.74 Å². The summed E-state index contributed by atoms with van der Waals surface area (Å²) in [6.07, 6.45) is 0.284. The molecule has 128 valence electrons. The molecule has 6 heteroatoms. The van der Waals surface area contributed by atoms with Crippen molar-refractivity contribution in [1.29, 1.82) is 0 Å². The second-order valence-electron chi connectivity index (χ2n) is 5.58. The Balaban J connectivity index is 2.11. The van der Waals surface area contributed by atoms with Crippen molar-refractivity contribution in [3.63, 3.8) is 0 Å². The number of benzene rings is 1. The Hall–Kier alpha value is -2.21. The SMILES string of the molecule is COC(=O)C(C)CN(Cc1ccc(F)cc1)C(=O)Cc1cccs1. The molecule has 1 heterocycles. The lowest BCUT2D eigenvalue weighted by Crippen LogP contribution is -2.37. The van der Waals surface area contributed by atoms with E-state index in [1.54, 1.807) is 24.0 Å². The maximum absolute atomic E-state index is 13.1. The molecule has 2 aromatic rings. The fourth-order valence-electron chi connectivity index (χ4n) is 2.35. The fourth-order valence-corrected chi connectivity index (χ4v) is 3.04. The molecule has 4 nitrogen and oxygen atoms in total. The minimum Gasteiger partial charge on any atom is -0.469 e. The Morgan fingerprint density at radius 1 is 1.25 bits per heavy atom. The predicted molar refractivity (Wildman–Crippen MR) is 91.0 cm³/mol. The third kappa shape index (κ3) is 5.16. The van der Waals surface area contributed by atoms with Gasteiger partial charge in [-0.2, -0.15) is 0 Å². The molecular formula is C18H20FNO3S. The van der Waals surface area contributed by atoms with Gasteiger partial charge in [0.2, 0.25) is 5.91 Å². The molecule has 2 rings (SSSR count). The number of halogens is 1. The fraction of sp³-hybridized carbons (Fsp3) is 0.333. The van der Waals surface area contributed by atoms with E-state index in [1.165, 1.54) is 30.6 Å². The Morgan fingerprint density at radius 2 is 1.96 bits per heavy atom. The van der Waals surface area contributed by atoms with Crippen LogP contribution in [-0.2, 0) is 27.3 Å². The Labute approximate surface area is 144 Å². The number of ether oxygens (including phenoxy) is 1. The highest BCUT2D eigenvalue weighted by Gasteiger charge is 2.22. The number of nitrogens with zero attached hydrogens (tertiary/aromatic N) is 1. The van der Waals surface area contributed by atoms with Crippen molar-refractivity contribution in [2.24, 2.45) is 5.92 Å². The van der Waals surface area contributed by atoms with Gasteiger partial charge in [0.25, 0.3) is 0 Å². The summed E-state index contributed by atoms with van der Waals surface area (Å²) in [7, 11) is 1.33. The van der Waals surface area contributed by atoms with Crippen LogP contribution in [0.25, 0.3) is 0 Å². The molecule has 1 atom stereocenters. The molecule has 0 radical (unpaired) electrons. The first-order valence-corrected chi connectivity index (χ1v) is 8.50. The van der Waals surface area contributed by atoms with Gasteiger partial charge in [-0.15, -0.1) is 11.3 Å². The van der Waals surface area contributed by atoms with Crippen molar-refractivity contribution in [2.75, 3.05) is 13.7 Å². The molecule has 0 aliphatic heterocycles. The molecule has 0 saturated carbocycles. The number of carbonyl (C=O) groups excluding carboxylic acids is 2. The Bertz CT molecular complexity index is 670. The van der Waals surface area contributed by atoms with Crippen molar-refractivity contribution in [3.8, 4) is 0 Å². The summed E-state index contributed by atoms with van der Waals surface area (Å²) in [5, 5.41) is 1.92. The third-order valence-corrected chi connectivity index (χ3v) is 4.52.